The van der Waals surface area contributed by atoms with Crippen molar-refractivity contribution < 1.29 is 13.9 Å². The Hall–Kier alpha value is -1.22. The van der Waals surface area contributed by atoms with Gasteiger partial charge in [-0.15, -0.1) is 0 Å². The highest BCUT2D eigenvalue weighted by Gasteiger charge is 2.49. The van der Waals surface area contributed by atoms with Crippen molar-refractivity contribution in [2.45, 2.75) is 37.2 Å². The van der Waals surface area contributed by atoms with Gasteiger partial charge in [0.05, 0.1) is 5.60 Å². The van der Waals surface area contributed by atoms with E-state index in [1.54, 1.807) is 0 Å². The van der Waals surface area contributed by atoms with Crippen molar-refractivity contribution in [1.82, 2.24) is 0 Å². The standard InChI is InChI=1S/C14H15FO2/c15-11-5-3-10(4-6-11)13-2-1-7-14(13)8-12(16)9-17-14/h3-6,13H,1-2,7-9H2. The van der Waals surface area contributed by atoms with Crippen molar-refractivity contribution in [3.8, 4) is 0 Å². The van der Waals surface area contributed by atoms with Gasteiger partial charge in [-0.05, 0) is 37.0 Å². The first-order valence-corrected chi connectivity index (χ1v) is 6.11. The van der Waals surface area contributed by atoms with E-state index in [2.05, 4.69) is 0 Å². The lowest BCUT2D eigenvalue weighted by molar-refractivity contribution is -0.117. The second kappa shape index (κ2) is 3.91. The topological polar surface area (TPSA) is 26.3 Å². The van der Waals surface area contributed by atoms with E-state index in [0.717, 1.165) is 24.8 Å². The van der Waals surface area contributed by atoms with E-state index in [1.165, 1.54) is 12.1 Å². The van der Waals surface area contributed by atoms with Gasteiger partial charge in [0.25, 0.3) is 0 Å². The van der Waals surface area contributed by atoms with Crippen LogP contribution in [0.1, 0.15) is 37.2 Å². The molecule has 90 valence electrons. The maximum Gasteiger partial charge on any atom is 0.161 e. The summed E-state index contributed by atoms with van der Waals surface area (Å²) in [5, 5.41) is 0. The summed E-state index contributed by atoms with van der Waals surface area (Å²) >= 11 is 0. The molecule has 1 saturated heterocycles. The average molecular weight is 234 g/mol. The van der Waals surface area contributed by atoms with Crippen LogP contribution in [0.25, 0.3) is 0 Å². The molecule has 0 bridgehead atoms. The molecule has 3 rings (SSSR count). The van der Waals surface area contributed by atoms with Crippen LogP contribution in [0.3, 0.4) is 0 Å². The lowest BCUT2D eigenvalue weighted by Crippen LogP contribution is -2.31. The average Bonchev–Trinajstić information content (AvgIpc) is 2.88. The molecule has 0 aromatic heterocycles. The number of Topliss-reactive ketones (excluding diaryl/α,β-unsaturated/α-hetero) is 1. The molecular formula is C14H15FO2. The lowest BCUT2D eigenvalue weighted by Gasteiger charge is -2.30. The van der Waals surface area contributed by atoms with Gasteiger partial charge in [0.1, 0.15) is 12.4 Å². The van der Waals surface area contributed by atoms with Crippen molar-refractivity contribution in [2.24, 2.45) is 0 Å². The van der Waals surface area contributed by atoms with Crippen molar-refractivity contribution in [2.75, 3.05) is 6.61 Å². The Morgan fingerprint density at radius 2 is 2.06 bits per heavy atom. The highest BCUT2D eigenvalue weighted by Crippen LogP contribution is 2.49. The zero-order valence-electron chi connectivity index (χ0n) is 9.62. The predicted octanol–water partition coefficient (Wildman–Crippen LogP) is 2.82. The summed E-state index contributed by atoms with van der Waals surface area (Å²) in [4.78, 5) is 11.5. The Bertz CT molecular complexity index is 440. The molecule has 1 aliphatic heterocycles. The number of halogens is 1. The molecule has 2 unspecified atom stereocenters. The molecule has 3 heteroatoms. The van der Waals surface area contributed by atoms with Crippen molar-refractivity contribution in [1.29, 1.82) is 0 Å². The minimum absolute atomic E-state index is 0.194. The maximum absolute atomic E-state index is 12.9. The van der Waals surface area contributed by atoms with E-state index < -0.39 is 0 Å². The number of hydrogen-bond donors (Lipinski definition) is 0. The molecule has 2 nitrogen and oxygen atoms in total. The first-order chi connectivity index (χ1) is 8.20. The summed E-state index contributed by atoms with van der Waals surface area (Å²) in [5.41, 5.74) is 0.799. The highest BCUT2D eigenvalue weighted by molar-refractivity contribution is 5.83. The molecule has 2 atom stereocenters. The molecule has 0 amide bonds. The number of rotatable bonds is 1. The highest BCUT2D eigenvalue weighted by atomic mass is 19.1. The zero-order valence-corrected chi connectivity index (χ0v) is 9.62. The first kappa shape index (κ1) is 10.9. The van der Waals surface area contributed by atoms with Gasteiger partial charge in [0.2, 0.25) is 0 Å². The number of ether oxygens (including phenoxy) is 1. The van der Waals surface area contributed by atoms with Crippen LogP contribution in [0.4, 0.5) is 4.39 Å². The van der Waals surface area contributed by atoms with Crippen LogP contribution in [0, 0.1) is 5.82 Å². The van der Waals surface area contributed by atoms with Gasteiger partial charge in [0.15, 0.2) is 5.78 Å². The number of benzene rings is 1. The van der Waals surface area contributed by atoms with Crippen molar-refractivity contribution in [3.63, 3.8) is 0 Å². The van der Waals surface area contributed by atoms with Gasteiger partial charge in [-0.3, -0.25) is 4.79 Å². The SMILES string of the molecule is O=C1COC2(CCCC2c2ccc(F)cc2)C1. The fourth-order valence-corrected chi connectivity index (χ4v) is 3.25. The largest absolute Gasteiger partial charge is 0.366 e. The van der Waals surface area contributed by atoms with E-state index in [1.807, 2.05) is 12.1 Å². The molecular weight excluding hydrogens is 219 g/mol. The Balaban J connectivity index is 1.92. The van der Waals surface area contributed by atoms with E-state index in [9.17, 15) is 9.18 Å². The number of carbonyl (C=O) groups excluding carboxylic acids is 1. The molecule has 0 N–H and O–H groups in total. The normalized spacial score (nSPS) is 32.5. The molecule has 1 aromatic rings. The fourth-order valence-electron chi connectivity index (χ4n) is 3.25. The second-order valence-electron chi connectivity index (χ2n) is 5.07. The van der Waals surface area contributed by atoms with Gasteiger partial charge in [-0.1, -0.05) is 12.1 Å². The quantitative estimate of drug-likeness (QED) is 0.747. The number of ketones is 1. The van der Waals surface area contributed by atoms with Crippen molar-refractivity contribution in [3.05, 3.63) is 35.6 Å². The van der Waals surface area contributed by atoms with Crippen LogP contribution in [-0.4, -0.2) is 18.0 Å². The third kappa shape index (κ3) is 1.78. The van der Waals surface area contributed by atoms with E-state index >= 15 is 0 Å². The molecule has 0 radical (unpaired) electrons. The summed E-state index contributed by atoms with van der Waals surface area (Å²) in [7, 11) is 0. The fraction of sp³-hybridized carbons (Fsp3) is 0.500. The summed E-state index contributed by atoms with van der Waals surface area (Å²) in [6.07, 6.45) is 3.57. The van der Waals surface area contributed by atoms with Crippen LogP contribution in [0.5, 0.6) is 0 Å². The summed E-state index contributed by atoms with van der Waals surface area (Å²) in [6.45, 7) is 0.248. The maximum atomic E-state index is 12.9. The number of hydrogen-bond acceptors (Lipinski definition) is 2. The van der Waals surface area contributed by atoms with Gasteiger partial charge in [-0.25, -0.2) is 4.39 Å². The summed E-state index contributed by atoms with van der Waals surface area (Å²) < 4.78 is 18.7. The van der Waals surface area contributed by atoms with Crippen LogP contribution in [-0.2, 0) is 9.53 Å². The second-order valence-corrected chi connectivity index (χ2v) is 5.07. The van der Waals surface area contributed by atoms with E-state index in [4.69, 9.17) is 4.74 Å². The predicted molar refractivity (Wildman–Crippen MR) is 61.3 cm³/mol. The Morgan fingerprint density at radius 3 is 2.71 bits per heavy atom. The van der Waals surface area contributed by atoms with Gasteiger partial charge >= 0.3 is 0 Å². The molecule has 1 saturated carbocycles. The summed E-state index contributed by atoms with van der Waals surface area (Å²) in [6, 6.07) is 6.61. The third-order valence-electron chi connectivity index (χ3n) is 4.02. The van der Waals surface area contributed by atoms with Gasteiger partial charge in [0, 0.05) is 12.3 Å². The molecule has 1 spiro atoms. The summed E-state index contributed by atoms with van der Waals surface area (Å²) in [5.74, 6) is 0.220. The minimum Gasteiger partial charge on any atom is -0.366 e. The van der Waals surface area contributed by atoms with Crippen LogP contribution in [0.15, 0.2) is 24.3 Å². The first-order valence-electron chi connectivity index (χ1n) is 6.11. The third-order valence-corrected chi connectivity index (χ3v) is 4.02. The van der Waals surface area contributed by atoms with Crippen molar-refractivity contribution >= 4 is 5.78 Å². The van der Waals surface area contributed by atoms with Crippen LogP contribution < -0.4 is 0 Å². The minimum atomic E-state index is -0.297. The smallest absolute Gasteiger partial charge is 0.161 e. The van der Waals surface area contributed by atoms with Crippen LogP contribution in [0.2, 0.25) is 0 Å². The molecule has 1 aromatic carbocycles. The molecule has 1 aliphatic carbocycles. The van der Waals surface area contributed by atoms with E-state index in [-0.39, 0.29) is 29.7 Å². The van der Waals surface area contributed by atoms with Gasteiger partial charge in [-0.2, -0.15) is 0 Å². The zero-order chi connectivity index (χ0) is 11.9. The Kier molecular flexibility index (Phi) is 2.51. The number of carbonyl (C=O) groups is 1. The Labute approximate surface area is 99.8 Å². The van der Waals surface area contributed by atoms with E-state index in [0.29, 0.717) is 6.42 Å². The Morgan fingerprint density at radius 1 is 1.29 bits per heavy atom. The lowest BCUT2D eigenvalue weighted by atomic mass is 9.83. The van der Waals surface area contributed by atoms with Crippen LogP contribution >= 0.6 is 0 Å². The monoisotopic (exact) mass is 234 g/mol. The molecule has 17 heavy (non-hydrogen) atoms. The molecule has 1 heterocycles. The molecule has 2 fully saturated rings. The van der Waals surface area contributed by atoms with Gasteiger partial charge < -0.3 is 4.74 Å². The molecule has 2 aliphatic rings.